The number of para-hydroxylation sites is 2. The van der Waals surface area contributed by atoms with Crippen LogP contribution in [0.4, 0.5) is 15.8 Å². The van der Waals surface area contributed by atoms with Crippen LogP contribution in [0.15, 0.2) is 111 Å². The van der Waals surface area contributed by atoms with Gasteiger partial charge in [0.1, 0.15) is 12.4 Å². The lowest BCUT2D eigenvalue weighted by atomic mass is 10.1. The van der Waals surface area contributed by atoms with E-state index in [1.165, 1.54) is 23.9 Å². The van der Waals surface area contributed by atoms with Gasteiger partial charge >= 0.3 is 0 Å². The van der Waals surface area contributed by atoms with Crippen LogP contribution in [-0.4, -0.2) is 17.7 Å². The summed E-state index contributed by atoms with van der Waals surface area (Å²) < 4.78 is 26.1. The first-order valence-electron chi connectivity index (χ1n) is 12.3. The minimum Gasteiger partial charge on any atom is -0.490 e. The minimum atomic E-state index is -0.319. The number of hydrogen-bond donors (Lipinski definition) is 0. The molecule has 5 rings (SSSR count). The molecule has 1 aliphatic heterocycles. The zero-order valence-electron chi connectivity index (χ0n) is 21.0. The van der Waals surface area contributed by atoms with Gasteiger partial charge in [0.2, 0.25) is 0 Å². The summed E-state index contributed by atoms with van der Waals surface area (Å²) in [6.45, 7) is 2.48. The average molecular weight is 604 g/mol. The highest BCUT2D eigenvalue weighted by molar-refractivity contribution is 9.10. The van der Waals surface area contributed by atoms with Gasteiger partial charge in [-0.05, 0) is 100 Å². The number of carbonyl (C=O) groups excluding carboxylic acids is 1. The zero-order valence-corrected chi connectivity index (χ0v) is 23.4. The molecule has 0 unspecified atom stereocenters. The lowest BCUT2D eigenvalue weighted by molar-refractivity contribution is -0.113. The number of rotatable bonds is 8. The molecule has 0 aromatic heterocycles. The Kier molecular flexibility index (Phi) is 8.44. The normalized spacial score (nSPS) is 15.3. The summed E-state index contributed by atoms with van der Waals surface area (Å²) in [5, 5.41) is 0.572. The molecule has 196 valence electrons. The van der Waals surface area contributed by atoms with Crippen molar-refractivity contribution in [3.63, 3.8) is 0 Å². The zero-order chi connectivity index (χ0) is 27.2. The first-order chi connectivity index (χ1) is 19.0. The number of aliphatic imine (C=N–C) groups is 1. The van der Waals surface area contributed by atoms with E-state index in [0.29, 0.717) is 38.2 Å². The number of amidine groups is 1. The fourth-order valence-corrected chi connectivity index (χ4v) is 5.55. The summed E-state index contributed by atoms with van der Waals surface area (Å²) >= 11 is 4.91. The van der Waals surface area contributed by atoms with Crippen molar-refractivity contribution in [2.24, 2.45) is 4.99 Å². The van der Waals surface area contributed by atoms with Gasteiger partial charge in [-0.2, -0.15) is 0 Å². The molecule has 0 spiro atoms. The summed E-state index contributed by atoms with van der Waals surface area (Å²) in [5.41, 5.74) is 2.96. The van der Waals surface area contributed by atoms with Crippen LogP contribution in [0.2, 0.25) is 0 Å². The molecule has 1 fully saturated rings. The molecule has 8 heteroatoms. The summed E-state index contributed by atoms with van der Waals surface area (Å²) in [7, 11) is 0. The Balaban J connectivity index is 1.47. The van der Waals surface area contributed by atoms with E-state index in [2.05, 4.69) is 15.9 Å². The van der Waals surface area contributed by atoms with Crippen LogP contribution in [0.1, 0.15) is 18.1 Å². The minimum absolute atomic E-state index is 0.165. The van der Waals surface area contributed by atoms with E-state index in [9.17, 15) is 9.18 Å². The Morgan fingerprint density at radius 1 is 0.949 bits per heavy atom. The molecule has 0 N–H and O–H groups in total. The van der Waals surface area contributed by atoms with Gasteiger partial charge < -0.3 is 9.47 Å². The number of hydrogen-bond acceptors (Lipinski definition) is 5. The molecule has 0 aliphatic carbocycles. The van der Waals surface area contributed by atoms with Gasteiger partial charge in [-0.1, -0.05) is 48.5 Å². The van der Waals surface area contributed by atoms with Crippen LogP contribution in [0.25, 0.3) is 6.08 Å². The first-order valence-corrected chi connectivity index (χ1v) is 13.9. The van der Waals surface area contributed by atoms with Gasteiger partial charge in [0.25, 0.3) is 5.91 Å². The average Bonchev–Trinajstić information content (AvgIpc) is 3.23. The van der Waals surface area contributed by atoms with E-state index in [1.54, 1.807) is 17.0 Å². The maximum atomic E-state index is 13.6. The second kappa shape index (κ2) is 12.3. The quantitative estimate of drug-likeness (QED) is 0.190. The Labute approximate surface area is 239 Å². The molecular formula is C31H24BrFN2O3S. The highest BCUT2D eigenvalue weighted by Gasteiger charge is 2.34. The topological polar surface area (TPSA) is 51.1 Å². The van der Waals surface area contributed by atoms with E-state index in [0.717, 1.165) is 16.9 Å². The van der Waals surface area contributed by atoms with Crippen molar-refractivity contribution in [2.45, 2.75) is 13.5 Å². The number of benzene rings is 4. The summed E-state index contributed by atoms with van der Waals surface area (Å²) in [6, 6.07) is 29.0. The van der Waals surface area contributed by atoms with Crippen LogP contribution in [0.5, 0.6) is 11.5 Å². The lowest BCUT2D eigenvalue weighted by Crippen LogP contribution is -2.28. The molecule has 4 aromatic rings. The molecule has 5 nitrogen and oxygen atoms in total. The van der Waals surface area contributed by atoms with Gasteiger partial charge in [0.15, 0.2) is 16.7 Å². The second-order valence-corrected chi connectivity index (χ2v) is 10.4. The lowest BCUT2D eigenvalue weighted by Gasteiger charge is -2.15. The molecule has 1 aliphatic rings. The van der Waals surface area contributed by atoms with Crippen LogP contribution >= 0.6 is 27.7 Å². The van der Waals surface area contributed by atoms with Crippen molar-refractivity contribution < 1.29 is 18.7 Å². The van der Waals surface area contributed by atoms with Crippen molar-refractivity contribution in [1.82, 2.24) is 0 Å². The molecule has 1 heterocycles. The number of ether oxygens (including phenoxy) is 2. The smallest absolute Gasteiger partial charge is 0.271 e. The number of amides is 1. The standard InChI is InChI=1S/C31H24BrFN2O3S/c1-2-37-27-18-22(17-26(32)29(27)38-20-21-10-9-11-23(33)16-21)19-28-30(36)35(25-14-7-4-8-15-25)31(39-28)34-24-12-5-3-6-13-24/h3-19H,2,20H2,1H3/b28-19+,34-31?. The van der Waals surface area contributed by atoms with Gasteiger partial charge in [-0.3, -0.25) is 9.69 Å². The van der Waals surface area contributed by atoms with E-state index in [4.69, 9.17) is 14.5 Å². The molecule has 0 atom stereocenters. The molecule has 4 aromatic carbocycles. The van der Waals surface area contributed by atoms with Crippen molar-refractivity contribution in [2.75, 3.05) is 11.5 Å². The predicted molar refractivity (Wildman–Crippen MR) is 159 cm³/mol. The molecule has 0 bridgehead atoms. The summed E-state index contributed by atoms with van der Waals surface area (Å²) in [5.74, 6) is 0.539. The Morgan fingerprint density at radius 2 is 1.69 bits per heavy atom. The molecule has 0 saturated carbocycles. The second-order valence-electron chi connectivity index (χ2n) is 8.50. The van der Waals surface area contributed by atoms with Crippen LogP contribution in [0.3, 0.4) is 0 Å². The van der Waals surface area contributed by atoms with E-state index >= 15 is 0 Å². The Morgan fingerprint density at radius 3 is 2.41 bits per heavy atom. The Bertz CT molecular complexity index is 1540. The third-order valence-electron chi connectivity index (χ3n) is 5.70. The van der Waals surface area contributed by atoms with E-state index < -0.39 is 0 Å². The molecule has 39 heavy (non-hydrogen) atoms. The number of carbonyl (C=O) groups is 1. The molecule has 0 radical (unpaired) electrons. The van der Waals surface area contributed by atoms with Crippen LogP contribution < -0.4 is 14.4 Å². The number of thioether (sulfide) groups is 1. The van der Waals surface area contributed by atoms with E-state index in [-0.39, 0.29) is 18.3 Å². The van der Waals surface area contributed by atoms with Crippen LogP contribution in [-0.2, 0) is 11.4 Å². The summed E-state index contributed by atoms with van der Waals surface area (Å²) in [6.07, 6.45) is 1.82. The van der Waals surface area contributed by atoms with Crippen molar-refractivity contribution in [1.29, 1.82) is 0 Å². The third-order valence-corrected chi connectivity index (χ3v) is 7.26. The maximum Gasteiger partial charge on any atom is 0.271 e. The SMILES string of the molecule is CCOc1cc(/C=C2/SC(=Nc3ccccc3)N(c3ccccc3)C2=O)cc(Br)c1OCc1cccc(F)c1. The maximum absolute atomic E-state index is 13.6. The monoisotopic (exact) mass is 602 g/mol. The van der Waals surface area contributed by atoms with Gasteiger partial charge in [-0.15, -0.1) is 0 Å². The van der Waals surface area contributed by atoms with Crippen LogP contribution in [0, 0.1) is 5.82 Å². The molecule has 1 saturated heterocycles. The van der Waals surface area contributed by atoms with Crippen molar-refractivity contribution >= 4 is 56.2 Å². The highest BCUT2D eigenvalue weighted by atomic mass is 79.9. The fourth-order valence-electron chi connectivity index (χ4n) is 3.97. The number of halogens is 2. The van der Waals surface area contributed by atoms with Gasteiger partial charge in [0.05, 0.1) is 27.4 Å². The fraction of sp³-hybridized carbons (Fsp3) is 0.0968. The predicted octanol–water partition coefficient (Wildman–Crippen LogP) is 8.37. The summed E-state index contributed by atoms with van der Waals surface area (Å²) in [4.78, 5) is 20.5. The number of nitrogens with zero attached hydrogens (tertiary/aromatic N) is 2. The van der Waals surface area contributed by atoms with Gasteiger partial charge in [-0.25, -0.2) is 9.38 Å². The first kappa shape index (κ1) is 26.7. The largest absolute Gasteiger partial charge is 0.490 e. The Hall–Kier alpha value is -3.88. The van der Waals surface area contributed by atoms with E-state index in [1.807, 2.05) is 85.8 Å². The number of anilines is 1. The van der Waals surface area contributed by atoms with Crippen molar-refractivity contribution in [3.8, 4) is 11.5 Å². The third kappa shape index (κ3) is 6.41. The van der Waals surface area contributed by atoms with Crippen molar-refractivity contribution in [3.05, 3.63) is 123 Å². The molecule has 1 amide bonds. The highest BCUT2D eigenvalue weighted by Crippen LogP contribution is 2.41. The molecular weight excluding hydrogens is 579 g/mol. The van der Waals surface area contributed by atoms with Gasteiger partial charge in [0, 0.05) is 0 Å².